The van der Waals surface area contributed by atoms with Crippen molar-refractivity contribution in [2.24, 2.45) is 15.9 Å². The van der Waals surface area contributed by atoms with E-state index in [9.17, 15) is 13.2 Å². The summed E-state index contributed by atoms with van der Waals surface area (Å²) in [7, 11) is -3.94. The average molecular weight is 388 g/mol. The van der Waals surface area contributed by atoms with Crippen LogP contribution < -0.4 is 26.3 Å². The van der Waals surface area contributed by atoms with Crippen molar-refractivity contribution in [3.63, 3.8) is 0 Å². The van der Waals surface area contributed by atoms with Gasteiger partial charge in [0.2, 0.25) is 12.8 Å². The van der Waals surface area contributed by atoms with Crippen molar-refractivity contribution in [1.82, 2.24) is 0 Å². The molecular weight excluding hydrogens is 372 g/mol. The number of carbonyl (C=O) groups excluding carboxylic acids is 1. The highest BCUT2D eigenvalue weighted by Crippen LogP contribution is 2.32. The summed E-state index contributed by atoms with van der Waals surface area (Å²) in [6.45, 7) is 0.138. The van der Waals surface area contributed by atoms with E-state index in [2.05, 4.69) is 9.71 Å². The van der Waals surface area contributed by atoms with Gasteiger partial charge >= 0.3 is 0 Å². The van der Waals surface area contributed by atoms with Crippen molar-refractivity contribution in [2.45, 2.75) is 4.90 Å². The Morgan fingerprint density at radius 1 is 1.07 bits per heavy atom. The Morgan fingerprint density at radius 3 is 2.48 bits per heavy atom. The molecule has 3 rings (SSSR count). The molecule has 2 aromatic carbocycles. The standard InChI is InChI=1S/C17H16N4O5S/c18-17(19)21-27(23,24)13-4-2-12(3-5-13)20-8-7-14(22)11-1-6-15-16(9-11)26-10-25-15/h1-9,20H,10H2,(H4,18,19,21)/b8-7-. The number of nitrogens with two attached hydrogens (primary N) is 2. The normalized spacial score (nSPS) is 12.7. The number of fused-ring (bicyclic) bond motifs is 1. The molecule has 0 bridgehead atoms. The molecule has 0 atom stereocenters. The third kappa shape index (κ3) is 4.36. The smallest absolute Gasteiger partial charge is 0.285 e. The van der Waals surface area contributed by atoms with E-state index >= 15 is 0 Å². The zero-order valence-electron chi connectivity index (χ0n) is 14.0. The molecule has 0 radical (unpaired) electrons. The zero-order chi connectivity index (χ0) is 19.4. The Morgan fingerprint density at radius 2 is 1.78 bits per heavy atom. The van der Waals surface area contributed by atoms with E-state index in [4.69, 9.17) is 20.9 Å². The maximum atomic E-state index is 12.2. The Hall–Kier alpha value is -3.53. The van der Waals surface area contributed by atoms with Crippen LogP contribution in [0.25, 0.3) is 0 Å². The van der Waals surface area contributed by atoms with Crippen molar-refractivity contribution in [3.8, 4) is 11.5 Å². The van der Waals surface area contributed by atoms with Crippen LogP contribution in [0.2, 0.25) is 0 Å². The number of ketones is 1. The van der Waals surface area contributed by atoms with Gasteiger partial charge in [0, 0.05) is 23.5 Å². The summed E-state index contributed by atoms with van der Waals surface area (Å²) in [5, 5.41) is 2.88. The fourth-order valence-corrected chi connectivity index (χ4v) is 3.14. The Labute approximate surface area is 155 Å². The van der Waals surface area contributed by atoms with E-state index in [1.807, 2.05) is 0 Å². The third-order valence-corrected chi connectivity index (χ3v) is 4.84. The molecule has 0 saturated carbocycles. The van der Waals surface area contributed by atoms with Gasteiger partial charge in [0.15, 0.2) is 17.3 Å². The number of sulfonamides is 1. The molecule has 1 aliphatic rings. The van der Waals surface area contributed by atoms with Crippen LogP contribution in [-0.4, -0.2) is 27.0 Å². The molecule has 9 nitrogen and oxygen atoms in total. The lowest BCUT2D eigenvalue weighted by atomic mass is 10.1. The fraction of sp³-hybridized carbons (Fsp3) is 0.0588. The van der Waals surface area contributed by atoms with Gasteiger partial charge in [0.25, 0.3) is 10.0 Å². The number of hydrogen-bond acceptors (Lipinski definition) is 6. The molecule has 0 fully saturated rings. The molecule has 0 saturated heterocycles. The minimum Gasteiger partial charge on any atom is -0.454 e. The summed E-state index contributed by atoms with van der Waals surface area (Å²) >= 11 is 0. The van der Waals surface area contributed by atoms with E-state index in [1.165, 1.54) is 36.5 Å². The van der Waals surface area contributed by atoms with Gasteiger partial charge in [0.05, 0.1) is 4.90 Å². The van der Waals surface area contributed by atoms with Gasteiger partial charge in [-0.3, -0.25) is 4.79 Å². The monoisotopic (exact) mass is 388 g/mol. The second-order valence-electron chi connectivity index (χ2n) is 5.43. The van der Waals surface area contributed by atoms with Crippen LogP contribution in [0.1, 0.15) is 10.4 Å². The first-order chi connectivity index (χ1) is 12.8. The second kappa shape index (κ2) is 7.38. The second-order valence-corrected chi connectivity index (χ2v) is 7.03. The van der Waals surface area contributed by atoms with Gasteiger partial charge in [-0.15, -0.1) is 4.40 Å². The molecule has 27 heavy (non-hydrogen) atoms. The summed E-state index contributed by atoms with van der Waals surface area (Å²) < 4.78 is 37.3. The van der Waals surface area contributed by atoms with Crippen molar-refractivity contribution in [2.75, 3.05) is 12.1 Å². The van der Waals surface area contributed by atoms with Crippen molar-refractivity contribution < 1.29 is 22.7 Å². The fourth-order valence-electron chi connectivity index (χ4n) is 2.27. The molecule has 0 aromatic heterocycles. The van der Waals surface area contributed by atoms with Crippen LogP contribution in [0.15, 0.2) is 64.0 Å². The molecule has 0 spiro atoms. The molecule has 1 heterocycles. The predicted molar refractivity (Wildman–Crippen MR) is 99.1 cm³/mol. The summed E-state index contributed by atoms with van der Waals surface area (Å²) in [6.07, 6.45) is 2.80. The number of guanidine groups is 1. The van der Waals surface area contributed by atoms with Gasteiger partial charge < -0.3 is 26.3 Å². The van der Waals surface area contributed by atoms with Crippen LogP contribution in [0.3, 0.4) is 0 Å². The van der Waals surface area contributed by atoms with Crippen LogP contribution in [0.4, 0.5) is 5.69 Å². The summed E-state index contributed by atoms with van der Waals surface area (Å²) in [6, 6.07) is 10.7. The number of ether oxygens (including phenoxy) is 2. The molecule has 140 valence electrons. The lowest BCUT2D eigenvalue weighted by molar-refractivity contribution is 0.104. The highest BCUT2D eigenvalue weighted by molar-refractivity contribution is 7.90. The van der Waals surface area contributed by atoms with Gasteiger partial charge in [-0.2, -0.15) is 8.42 Å². The molecular formula is C17H16N4O5S. The van der Waals surface area contributed by atoms with E-state index in [0.717, 1.165) is 0 Å². The van der Waals surface area contributed by atoms with Crippen molar-refractivity contribution in [3.05, 3.63) is 60.3 Å². The van der Waals surface area contributed by atoms with Crippen molar-refractivity contribution >= 4 is 27.5 Å². The molecule has 10 heteroatoms. The molecule has 1 aliphatic heterocycles. The van der Waals surface area contributed by atoms with Crippen LogP contribution >= 0.6 is 0 Å². The van der Waals surface area contributed by atoms with E-state index in [0.29, 0.717) is 22.7 Å². The predicted octanol–water partition coefficient (Wildman–Crippen LogP) is 1.19. The summed E-state index contributed by atoms with van der Waals surface area (Å²) in [4.78, 5) is 12.1. The lowest BCUT2D eigenvalue weighted by Gasteiger charge is -2.03. The zero-order valence-corrected chi connectivity index (χ0v) is 14.8. The number of allylic oxidation sites excluding steroid dienone is 1. The number of nitrogens with one attached hydrogen (secondary N) is 1. The minimum absolute atomic E-state index is 0.0538. The maximum absolute atomic E-state index is 12.2. The number of carbonyl (C=O) groups is 1. The summed E-state index contributed by atoms with van der Waals surface area (Å²) in [5.41, 5.74) is 11.2. The SMILES string of the molecule is NC(N)=NS(=O)(=O)c1ccc(N/C=C\C(=O)c2ccc3c(c2)OCO3)cc1. The van der Waals surface area contributed by atoms with Gasteiger partial charge in [-0.1, -0.05) is 0 Å². The minimum atomic E-state index is -3.94. The molecule has 0 amide bonds. The van der Waals surface area contributed by atoms with E-state index in [1.54, 1.807) is 18.2 Å². The average Bonchev–Trinajstić information content (AvgIpc) is 3.08. The summed E-state index contributed by atoms with van der Waals surface area (Å²) in [5.74, 6) is 0.360. The van der Waals surface area contributed by atoms with Gasteiger partial charge in [-0.25, -0.2) is 0 Å². The van der Waals surface area contributed by atoms with E-state index in [-0.39, 0.29) is 17.5 Å². The topological polar surface area (TPSA) is 146 Å². The highest BCUT2D eigenvalue weighted by Gasteiger charge is 2.15. The lowest BCUT2D eigenvalue weighted by Crippen LogP contribution is -2.24. The first-order valence-corrected chi connectivity index (χ1v) is 9.12. The first kappa shape index (κ1) is 18.3. The Balaban J connectivity index is 1.64. The largest absolute Gasteiger partial charge is 0.454 e. The quantitative estimate of drug-likeness (QED) is 0.289. The molecule has 0 unspecified atom stereocenters. The third-order valence-electron chi connectivity index (χ3n) is 3.52. The van der Waals surface area contributed by atoms with E-state index < -0.39 is 16.0 Å². The van der Waals surface area contributed by atoms with Crippen molar-refractivity contribution in [1.29, 1.82) is 0 Å². The highest BCUT2D eigenvalue weighted by atomic mass is 32.2. The maximum Gasteiger partial charge on any atom is 0.285 e. The Kier molecular flexibility index (Phi) is 4.99. The molecule has 5 N–H and O–H groups in total. The van der Waals surface area contributed by atoms with Crippen LogP contribution in [-0.2, 0) is 10.0 Å². The van der Waals surface area contributed by atoms with Gasteiger partial charge in [0.1, 0.15) is 0 Å². The Bertz CT molecular complexity index is 1030. The number of anilines is 1. The molecule has 0 aliphatic carbocycles. The van der Waals surface area contributed by atoms with Crippen LogP contribution in [0, 0.1) is 0 Å². The number of nitrogens with zero attached hydrogens (tertiary/aromatic N) is 1. The van der Waals surface area contributed by atoms with Gasteiger partial charge in [-0.05, 0) is 42.5 Å². The first-order valence-electron chi connectivity index (χ1n) is 7.68. The number of hydrogen-bond donors (Lipinski definition) is 3. The number of benzene rings is 2. The van der Waals surface area contributed by atoms with Crippen LogP contribution in [0.5, 0.6) is 11.5 Å². The number of rotatable bonds is 6. The molecule has 2 aromatic rings.